The number of benzene rings is 1. The van der Waals surface area contributed by atoms with Crippen molar-refractivity contribution in [1.29, 1.82) is 0 Å². The minimum atomic E-state index is -5.08. The number of hydrogen-bond acceptors (Lipinski definition) is 8. The highest BCUT2D eigenvalue weighted by molar-refractivity contribution is 6.23. The zero-order chi connectivity index (χ0) is 33.1. The summed E-state index contributed by atoms with van der Waals surface area (Å²) in [5, 5.41) is 20.1. The number of alkyl halides is 6. The molecular formula is C26H28F6N4O8. The highest BCUT2D eigenvalue weighted by atomic mass is 19.4. The van der Waals surface area contributed by atoms with E-state index in [0.29, 0.717) is 29.3 Å². The maximum atomic E-state index is 13.1. The molecule has 44 heavy (non-hydrogen) atoms. The van der Waals surface area contributed by atoms with Crippen LogP contribution in [0.3, 0.4) is 0 Å². The van der Waals surface area contributed by atoms with E-state index < -0.39 is 48.1 Å². The largest absolute Gasteiger partial charge is 0.490 e. The Hall–Kier alpha value is -4.22. The maximum Gasteiger partial charge on any atom is 0.490 e. The van der Waals surface area contributed by atoms with Crippen molar-refractivity contribution >= 4 is 41.3 Å². The number of carbonyl (C=O) groups is 6. The van der Waals surface area contributed by atoms with Crippen molar-refractivity contribution in [1.82, 2.24) is 15.5 Å². The molecule has 4 aliphatic rings. The second-order valence-electron chi connectivity index (χ2n) is 10.2. The molecular weight excluding hydrogens is 610 g/mol. The molecule has 4 N–H and O–H groups in total. The van der Waals surface area contributed by atoms with Crippen LogP contribution in [0.4, 0.5) is 32.0 Å². The van der Waals surface area contributed by atoms with Gasteiger partial charge in [-0.15, -0.1) is 0 Å². The van der Waals surface area contributed by atoms with Gasteiger partial charge in [0.15, 0.2) is 0 Å². The molecule has 5 rings (SSSR count). The molecule has 0 aliphatic carbocycles. The topological polar surface area (TPSA) is 173 Å². The Morgan fingerprint density at radius 3 is 1.95 bits per heavy atom. The van der Waals surface area contributed by atoms with Gasteiger partial charge in [-0.2, -0.15) is 26.3 Å². The number of nitrogens with zero attached hydrogens (tertiary/aromatic N) is 2. The van der Waals surface area contributed by atoms with Gasteiger partial charge in [0, 0.05) is 30.2 Å². The number of aliphatic carboxylic acids is 2. The lowest BCUT2D eigenvalue weighted by atomic mass is 9.95. The second kappa shape index (κ2) is 13.2. The smallest absolute Gasteiger partial charge is 0.475 e. The van der Waals surface area contributed by atoms with Crippen LogP contribution in [0.15, 0.2) is 18.2 Å². The molecule has 4 aliphatic heterocycles. The lowest BCUT2D eigenvalue weighted by Gasteiger charge is -2.42. The van der Waals surface area contributed by atoms with Crippen LogP contribution >= 0.6 is 0 Å². The fraction of sp³-hybridized carbons (Fsp3) is 0.538. The molecule has 2 bridgehead atoms. The van der Waals surface area contributed by atoms with Gasteiger partial charge in [0.25, 0.3) is 11.8 Å². The molecule has 1 aromatic rings. The molecule has 4 heterocycles. The first-order valence-corrected chi connectivity index (χ1v) is 13.4. The van der Waals surface area contributed by atoms with E-state index in [-0.39, 0.29) is 18.7 Å². The Labute approximate surface area is 245 Å². The number of carboxylic acids is 2. The van der Waals surface area contributed by atoms with Crippen LogP contribution in [0.5, 0.6) is 0 Å². The Kier molecular flexibility index (Phi) is 10.3. The van der Waals surface area contributed by atoms with Crippen molar-refractivity contribution in [3.05, 3.63) is 29.3 Å². The van der Waals surface area contributed by atoms with Gasteiger partial charge in [-0.3, -0.25) is 29.4 Å². The average Bonchev–Trinajstić information content (AvgIpc) is 3.37. The second-order valence-corrected chi connectivity index (χ2v) is 10.2. The summed E-state index contributed by atoms with van der Waals surface area (Å²) in [6, 6.07) is 5.81. The summed E-state index contributed by atoms with van der Waals surface area (Å²) in [6.07, 6.45) is -5.35. The summed E-state index contributed by atoms with van der Waals surface area (Å²) >= 11 is 0. The van der Waals surface area contributed by atoms with Crippen molar-refractivity contribution in [2.24, 2.45) is 0 Å². The number of hydrogen-bond donors (Lipinski definition) is 4. The third-order valence-corrected chi connectivity index (χ3v) is 7.49. The van der Waals surface area contributed by atoms with Crippen molar-refractivity contribution in [2.75, 3.05) is 11.4 Å². The van der Waals surface area contributed by atoms with E-state index in [2.05, 4.69) is 22.5 Å². The van der Waals surface area contributed by atoms with E-state index in [1.54, 1.807) is 6.07 Å². The molecule has 4 amide bonds. The van der Waals surface area contributed by atoms with Crippen molar-refractivity contribution < 1.29 is 65.3 Å². The van der Waals surface area contributed by atoms with E-state index in [1.165, 1.54) is 0 Å². The van der Waals surface area contributed by atoms with E-state index in [0.717, 1.165) is 42.8 Å². The number of piperidine rings is 2. The summed E-state index contributed by atoms with van der Waals surface area (Å²) in [4.78, 5) is 71.0. The number of fused-ring (bicyclic) bond motifs is 3. The first kappa shape index (κ1) is 34.3. The first-order chi connectivity index (χ1) is 20.4. The molecule has 242 valence electrons. The molecule has 0 spiro atoms. The number of carbonyl (C=O) groups excluding carboxylic acids is 4. The third-order valence-electron chi connectivity index (χ3n) is 7.49. The maximum absolute atomic E-state index is 13.1. The summed E-state index contributed by atoms with van der Waals surface area (Å²) in [7, 11) is 0. The Bertz CT molecular complexity index is 1310. The number of amides is 4. The van der Waals surface area contributed by atoms with Crippen LogP contribution in [0.2, 0.25) is 0 Å². The quantitative estimate of drug-likeness (QED) is 0.284. The number of anilines is 1. The molecule has 3 fully saturated rings. The fourth-order valence-corrected chi connectivity index (χ4v) is 5.68. The van der Waals surface area contributed by atoms with Gasteiger partial charge in [-0.25, -0.2) is 9.59 Å². The lowest BCUT2D eigenvalue weighted by Crippen LogP contribution is -2.54. The highest BCUT2D eigenvalue weighted by Gasteiger charge is 2.46. The van der Waals surface area contributed by atoms with Gasteiger partial charge in [0.1, 0.15) is 6.04 Å². The number of likely N-dealkylation sites (N-methyl/N-ethyl adjacent to an activating group) is 1. The average molecular weight is 639 g/mol. The van der Waals surface area contributed by atoms with Crippen LogP contribution in [-0.4, -0.2) is 93.7 Å². The number of rotatable bonds is 4. The molecule has 1 unspecified atom stereocenters. The minimum Gasteiger partial charge on any atom is -0.475 e. The normalized spacial score (nSPS) is 24.5. The molecule has 1 aromatic carbocycles. The van der Waals surface area contributed by atoms with Crippen molar-refractivity contribution in [3.8, 4) is 0 Å². The molecule has 3 saturated heterocycles. The van der Waals surface area contributed by atoms with Gasteiger partial charge in [-0.05, 0) is 56.8 Å². The van der Waals surface area contributed by atoms with Crippen LogP contribution < -0.4 is 15.5 Å². The minimum absolute atomic E-state index is 0.123. The Morgan fingerprint density at radius 2 is 1.43 bits per heavy atom. The number of carboxylic acid groups (broad SMARTS) is 2. The van der Waals surface area contributed by atoms with Gasteiger partial charge < -0.3 is 20.4 Å². The van der Waals surface area contributed by atoms with Crippen molar-refractivity contribution in [2.45, 2.75) is 82.0 Å². The zero-order valence-electron chi connectivity index (χ0n) is 23.0. The molecule has 0 radical (unpaired) electrons. The van der Waals surface area contributed by atoms with E-state index in [4.69, 9.17) is 19.8 Å². The van der Waals surface area contributed by atoms with Gasteiger partial charge in [0.05, 0.1) is 11.1 Å². The predicted octanol–water partition coefficient (Wildman–Crippen LogP) is 2.46. The fourth-order valence-electron chi connectivity index (χ4n) is 5.68. The Balaban J connectivity index is 0.000000317. The SMILES string of the molecule is CCN[C@@H]1CC[C@H]2CC[C@@H]1N2c1ccc2c(c1)C(=O)N(C1CCC(=O)NC1=O)C2=O.O=C(O)C(F)(F)F.O=C(O)C(F)(F)F. The summed E-state index contributed by atoms with van der Waals surface area (Å²) < 4.78 is 63.5. The van der Waals surface area contributed by atoms with Crippen LogP contribution in [0.1, 0.15) is 66.2 Å². The van der Waals surface area contributed by atoms with Crippen LogP contribution in [0, 0.1) is 0 Å². The summed E-state index contributed by atoms with van der Waals surface area (Å²) in [5.74, 6) is -7.36. The predicted molar refractivity (Wildman–Crippen MR) is 136 cm³/mol. The highest BCUT2D eigenvalue weighted by Crippen LogP contribution is 2.41. The van der Waals surface area contributed by atoms with Gasteiger partial charge >= 0.3 is 24.3 Å². The molecule has 4 atom stereocenters. The summed E-state index contributed by atoms with van der Waals surface area (Å²) in [6.45, 7) is 3.05. The first-order valence-electron chi connectivity index (χ1n) is 13.4. The van der Waals surface area contributed by atoms with E-state index in [9.17, 15) is 45.5 Å². The Morgan fingerprint density at radius 1 is 0.886 bits per heavy atom. The molecule has 0 aromatic heterocycles. The summed E-state index contributed by atoms with van der Waals surface area (Å²) in [5.41, 5.74) is 1.66. The standard InChI is InChI=1S/C22H26N4O4.2C2HF3O2/c1-2-23-16-7-4-12-5-8-17(16)25(12)13-3-6-14-15(11-13)22(30)26(21(14)29)18-9-10-19(27)24-20(18)28;2*3-2(4,5)1(6)7/h3,6,11-12,16-18,23H,2,4-5,7-10H2,1H3,(H,24,27,28);2*(H,6,7)/t12-,16+,17-,18?;;/m0../s1. The molecule has 18 heteroatoms. The lowest BCUT2D eigenvalue weighted by molar-refractivity contribution is -0.193. The number of halogens is 6. The zero-order valence-corrected chi connectivity index (χ0v) is 23.0. The van der Waals surface area contributed by atoms with Crippen LogP contribution in [0.25, 0.3) is 0 Å². The van der Waals surface area contributed by atoms with Gasteiger partial charge in [0.2, 0.25) is 11.8 Å². The van der Waals surface area contributed by atoms with Crippen LogP contribution in [-0.2, 0) is 19.2 Å². The van der Waals surface area contributed by atoms with E-state index >= 15 is 0 Å². The van der Waals surface area contributed by atoms with Gasteiger partial charge in [-0.1, -0.05) is 6.92 Å². The van der Waals surface area contributed by atoms with Crippen molar-refractivity contribution in [3.63, 3.8) is 0 Å². The molecule has 12 nitrogen and oxygen atoms in total. The molecule has 0 saturated carbocycles. The monoisotopic (exact) mass is 638 g/mol. The number of nitrogens with one attached hydrogen (secondary N) is 2. The number of imide groups is 2. The van der Waals surface area contributed by atoms with E-state index in [1.807, 2.05) is 12.1 Å². The third kappa shape index (κ3) is 7.46.